The molecule has 1 amide bonds. The molecule has 0 aliphatic carbocycles. The largest absolute Gasteiger partial charge is 0.494 e. The first-order valence-electron chi connectivity index (χ1n) is 9.32. The lowest BCUT2D eigenvalue weighted by Gasteiger charge is -2.13. The fraction of sp³-hybridized carbons (Fsp3) is 0.273. The van der Waals surface area contributed by atoms with E-state index < -0.39 is 0 Å². The van der Waals surface area contributed by atoms with Crippen molar-refractivity contribution in [2.75, 3.05) is 6.61 Å². The Hall–Kier alpha value is -3.08. The average molecular weight is 363 g/mol. The topological polar surface area (TPSA) is 67.0 Å². The zero-order chi connectivity index (χ0) is 19.1. The molecular weight excluding hydrogens is 338 g/mol. The summed E-state index contributed by atoms with van der Waals surface area (Å²) in [5.41, 5.74) is 3.16. The number of aromatic nitrogens is 2. The van der Waals surface area contributed by atoms with Crippen molar-refractivity contribution in [3.63, 3.8) is 0 Å². The summed E-state index contributed by atoms with van der Waals surface area (Å²) < 4.78 is 5.67. The van der Waals surface area contributed by atoms with E-state index in [1.165, 1.54) is 0 Å². The number of aromatic amines is 1. The number of nitrogens with one attached hydrogen (secondary N) is 2. The minimum absolute atomic E-state index is 0.0787. The van der Waals surface area contributed by atoms with E-state index in [0.29, 0.717) is 5.69 Å². The van der Waals surface area contributed by atoms with Crippen molar-refractivity contribution in [1.29, 1.82) is 0 Å². The molecule has 1 atom stereocenters. The lowest BCUT2D eigenvalue weighted by molar-refractivity contribution is 0.0935. The van der Waals surface area contributed by atoms with E-state index in [9.17, 15) is 4.79 Å². The fourth-order valence-corrected chi connectivity index (χ4v) is 2.74. The van der Waals surface area contributed by atoms with Gasteiger partial charge in [-0.15, -0.1) is 0 Å². The number of hydrogen-bond donors (Lipinski definition) is 2. The zero-order valence-electron chi connectivity index (χ0n) is 15.7. The quantitative estimate of drug-likeness (QED) is 0.568. The van der Waals surface area contributed by atoms with Crippen molar-refractivity contribution in [2.24, 2.45) is 0 Å². The molecule has 0 saturated heterocycles. The maximum absolute atomic E-state index is 12.5. The van der Waals surface area contributed by atoms with Gasteiger partial charge in [0.1, 0.15) is 11.4 Å². The number of unbranched alkanes of at least 4 members (excludes halogenated alkanes) is 1. The van der Waals surface area contributed by atoms with Crippen molar-refractivity contribution in [3.05, 3.63) is 71.9 Å². The summed E-state index contributed by atoms with van der Waals surface area (Å²) in [6.07, 6.45) is 2.15. The van der Waals surface area contributed by atoms with E-state index in [1.807, 2.05) is 61.5 Å². The summed E-state index contributed by atoms with van der Waals surface area (Å²) in [4.78, 5) is 12.5. The number of H-pyrrole nitrogens is 1. The zero-order valence-corrected chi connectivity index (χ0v) is 15.7. The van der Waals surface area contributed by atoms with Gasteiger partial charge in [0, 0.05) is 5.56 Å². The van der Waals surface area contributed by atoms with Crippen LogP contribution in [0.4, 0.5) is 0 Å². The van der Waals surface area contributed by atoms with Gasteiger partial charge in [-0.05, 0) is 49.2 Å². The SMILES string of the molecule is CCCCOc1ccc(-c2cc(C(=O)N[C@H](C)c3ccccc3)[nH]n2)cc1. The monoisotopic (exact) mass is 363 g/mol. The molecule has 1 aromatic heterocycles. The minimum atomic E-state index is -0.176. The Morgan fingerprint density at radius 3 is 2.59 bits per heavy atom. The van der Waals surface area contributed by atoms with Crippen LogP contribution in [0.5, 0.6) is 5.75 Å². The Labute approximate surface area is 159 Å². The Bertz CT molecular complexity index is 857. The van der Waals surface area contributed by atoms with Crippen LogP contribution in [-0.4, -0.2) is 22.7 Å². The normalized spacial score (nSPS) is 11.8. The minimum Gasteiger partial charge on any atom is -0.494 e. The maximum atomic E-state index is 12.5. The van der Waals surface area contributed by atoms with Gasteiger partial charge in [-0.2, -0.15) is 5.10 Å². The second-order valence-corrected chi connectivity index (χ2v) is 6.50. The van der Waals surface area contributed by atoms with Crippen LogP contribution in [0.15, 0.2) is 60.7 Å². The number of carbonyl (C=O) groups is 1. The van der Waals surface area contributed by atoms with Gasteiger partial charge < -0.3 is 10.1 Å². The van der Waals surface area contributed by atoms with Gasteiger partial charge in [-0.25, -0.2) is 0 Å². The number of carbonyl (C=O) groups excluding carboxylic acids is 1. The molecule has 0 saturated carbocycles. The molecule has 2 aromatic carbocycles. The van der Waals surface area contributed by atoms with Crippen molar-refractivity contribution in [3.8, 4) is 17.0 Å². The summed E-state index contributed by atoms with van der Waals surface area (Å²) in [6, 6.07) is 19.3. The van der Waals surface area contributed by atoms with E-state index in [4.69, 9.17) is 4.74 Å². The number of benzene rings is 2. The standard InChI is InChI=1S/C22H25N3O2/c1-3-4-14-27-19-12-10-18(11-13-19)20-15-21(25-24-20)22(26)23-16(2)17-8-6-5-7-9-17/h5-13,15-16H,3-4,14H2,1-2H3,(H,23,26)(H,24,25)/t16-/m1/s1. The molecule has 5 heteroatoms. The molecule has 140 valence electrons. The van der Waals surface area contributed by atoms with Gasteiger partial charge in [0.05, 0.1) is 18.3 Å². The molecule has 5 nitrogen and oxygen atoms in total. The maximum Gasteiger partial charge on any atom is 0.269 e. The predicted molar refractivity (Wildman–Crippen MR) is 107 cm³/mol. The van der Waals surface area contributed by atoms with Gasteiger partial charge in [0.2, 0.25) is 0 Å². The van der Waals surface area contributed by atoms with Gasteiger partial charge in [0.15, 0.2) is 0 Å². The van der Waals surface area contributed by atoms with E-state index >= 15 is 0 Å². The van der Waals surface area contributed by atoms with Crippen LogP contribution >= 0.6 is 0 Å². The van der Waals surface area contributed by atoms with Crippen molar-refractivity contribution in [1.82, 2.24) is 15.5 Å². The summed E-state index contributed by atoms with van der Waals surface area (Å²) in [6.45, 7) is 4.82. The lowest BCUT2D eigenvalue weighted by atomic mass is 10.1. The van der Waals surface area contributed by atoms with Gasteiger partial charge >= 0.3 is 0 Å². The Balaban J connectivity index is 1.63. The Morgan fingerprint density at radius 2 is 1.89 bits per heavy atom. The predicted octanol–water partition coefficient (Wildman–Crippen LogP) is 4.75. The summed E-state index contributed by atoms with van der Waals surface area (Å²) >= 11 is 0. The number of rotatable bonds is 8. The van der Waals surface area contributed by atoms with Crippen LogP contribution in [0.3, 0.4) is 0 Å². The van der Waals surface area contributed by atoms with Crippen LogP contribution in [0.25, 0.3) is 11.3 Å². The molecule has 0 aliphatic heterocycles. The summed E-state index contributed by atoms with van der Waals surface area (Å²) in [5, 5.41) is 10.1. The number of nitrogens with zero attached hydrogens (tertiary/aromatic N) is 1. The van der Waals surface area contributed by atoms with Crippen molar-refractivity contribution in [2.45, 2.75) is 32.7 Å². The average Bonchev–Trinajstić information content (AvgIpc) is 3.20. The summed E-state index contributed by atoms with van der Waals surface area (Å²) in [5.74, 6) is 0.669. The molecule has 0 radical (unpaired) electrons. The Morgan fingerprint density at radius 1 is 1.15 bits per heavy atom. The lowest BCUT2D eigenvalue weighted by Crippen LogP contribution is -2.26. The highest BCUT2D eigenvalue weighted by Crippen LogP contribution is 2.22. The van der Waals surface area contributed by atoms with E-state index in [2.05, 4.69) is 22.4 Å². The third kappa shape index (κ3) is 4.97. The summed E-state index contributed by atoms with van der Waals surface area (Å²) in [7, 11) is 0. The molecule has 3 aromatic rings. The first kappa shape index (κ1) is 18.7. The molecule has 2 N–H and O–H groups in total. The van der Waals surface area contributed by atoms with Crippen LogP contribution in [0, 0.1) is 0 Å². The van der Waals surface area contributed by atoms with Gasteiger partial charge in [-0.1, -0.05) is 43.7 Å². The first-order chi connectivity index (χ1) is 13.2. The second-order valence-electron chi connectivity index (χ2n) is 6.50. The molecule has 27 heavy (non-hydrogen) atoms. The van der Waals surface area contributed by atoms with Crippen LogP contribution < -0.4 is 10.1 Å². The Kier molecular flexibility index (Phi) is 6.26. The second kappa shape index (κ2) is 9.03. The number of ether oxygens (including phenoxy) is 1. The smallest absolute Gasteiger partial charge is 0.269 e. The molecule has 1 heterocycles. The van der Waals surface area contributed by atoms with E-state index in [-0.39, 0.29) is 11.9 Å². The van der Waals surface area contributed by atoms with Crippen LogP contribution in [0.1, 0.15) is 48.8 Å². The molecule has 0 spiro atoms. The number of hydrogen-bond acceptors (Lipinski definition) is 3. The van der Waals surface area contributed by atoms with Crippen molar-refractivity contribution < 1.29 is 9.53 Å². The highest BCUT2D eigenvalue weighted by molar-refractivity contribution is 5.93. The third-order valence-corrected chi connectivity index (χ3v) is 4.39. The number of amides is 1. The van der Waals surface area contributed by atoms with Gasteiger partial charge in [-0.3, -0.25) is 9.89 Å². The third-order valence-electron chi connectivity index (χ3n) is 4.39. The van der Waals surface area contributed by atoms with Crippen LogP contribution in [0.2, 0.25) is 0 Å². The highest BCUT2D eigenvalue weighted by atomic mass is 16.5. The molecule has 0 fully saturated rings. The highest BCUT2D eigenvalue weighted by Gasteiger charge is 2.14. The molecular formula is C22H25N3O2. The molecule has 3 rings (SSSR count). The van der Waals surface area contributed by atoms with Gasteiger partial charge in [0.25, 0.3) is 5.91 Å². The first-order valence-corrected chi connectivity index (χ1v) is 9.32. The molecule has 0 aliphatic rings. The molecule has 0 unspecified atom stereocenters. The fourth-order valence-electron chi connectivity index (χ4n) is 2.74. The molecule has 0 bridgehead atoms. The van der Waals surface area contributed by atoms with Crippen LogP contribution in [-0.2, 0) is 0 Å². The van der Waals surface area contributed by atoms with E-state index in [1.54, 1.807) is 6.07 Å². The van der Waals surface area contributed by atoms with Crippen molar-refractivity contribution >= 4 is 5.91 Å². The van der Waals surface area contributed by atoms with E-state index in [0.717, 1.165) is 42.0 Å².